The maximum Gasteiger partial charge on any atom is 0.333 e. The Hall–Kier alpha value is -4.20. The fraction of sp³-hybridized carbons (Fsp3) is 0.429. The first-order valence-electron chi connectivity index (χ1n) is 20.2. The number of rotatable bonds is 23. The van der Waals surface area contributed by atoms with Crippen molar-refractivity contribution in [2.75, 3.05) is 43.1 Å². The number of sulfonamides is 1. The quantitative estimate of drug-likeness (QED) is 0.0155. The molecule has 1 fully saturated rings. The lowest BCUT2D eigenvalue weighted by Gasteiger charge is -2.27. The van der Waals surface area contributed by atoms with E-state index in [4.69, 9.17) is 15.4 Å². The summed E-state index contributed by atoms with van der Waals surface area (Å²) in [4.78, 5) is 43.6. The second kappa shape index (κ2) is 21.9. The molecule has 22 heteroatoms. The number of carbonyl (C=O) groups is 3. The number of amides is 2. The molecule has 0 atom stereocenters. The molecule has 3 aliphatic heterocycles. The fourth-order valence-electron chi connectivity index (χ4n) is 7.83. The zero-order chi connectivity index (χ0) is 46.9. The molecule has 64 heavy (non-hydrogen) atoms. The number of benzene rings is 2. The number of hydrogen-bond acceptors (Lipinski definition) is 16. The first kappa shape index (κ1) is 50.8. The fourth-order valence-corrected chi connectivity index (χ4v) is 10.3. The summed E-state index contributed by atoms with van der Waals surface area (Å²) >= 11 is 1.75. The number of nitrogens with zero attached hydrogens (tertiary/aromatic N) is 4. The molecule has 0 aromatic heterocycles. The van der Waals surface area contributed by atoms with Crippen molar-refractivity contribution in [2.45, 2.75) is 86.8 Å². The zero-order valence-corrected chi connectivity index (χ0v) is 39.3. The number of imide groups is 1. The first-order valence-corrected chi connectivity index (χ1v) is 24.9. The maximum atomic E-state index is 13.8. The Morgan fingerprint density at radius 3 is 2.30 bits per heavy atom. The number of carbonyl (C=O) groups excluding carboxylic acids is 3. The Kier molecular flexibility index (Phi) is 17.3. The van der Waals surface area contributed by atoms with Crippen LogP contribution in [-0.4, -0.2) is 108 Å². The van der Waals surface area contributed by atoms with Crippen LogP contribution in [0.3, 0.4) is 0 Å². The average Bonchev–Trinajstić information content (AvgIpc) is 3.74. The highest BCUT2D eigenvalue weighted by Gasteiger charge is 2.45. The minimum absolute atomic E-state index is 0.0245. The molecular formula is C42H53N4O14S4+. The van der Waals surface area contributed by atoms with E-state index >= 15 is 0 Å². The largest absolute Gasteiger partial charge is 0.344 e. The molecule has 0 spiro atoms. The zero-order valence-electron chi connectivity index (χ0n) is 36.0. The van der Waals surface area contributed by atoms with E-state index in [0.29, 0.717) is 35.2 Å². The van der Waals surface area contributed by atoms with Crippen LogP contribution in [0.1, 0.15) is 77.3 Å². The van der Waals surface area contributed by atoms with E-state index in [2.05, 4.69) is 18.6 Å². The predicted molar refractivity (Wildman–Crippen MR) is 240 cm³/mol. The third-order valence-corrected chi connectivity index (χ3v) is 14.8. The normalized spacial score (nSPS) is 18.0. The van der Waals surface area contributed by atoms with Crippen LogP contribution >= 0.6 is 24.1 Å². The lowest BCUT2D eigenvalue weighted by atomic mass is 9.81. The highest BCUT2D eigenvalue weighted by molar-refractivity contribution is 7.94. The summed E-state index contributed by atoms with van der Waals surface area (Å²) in [5.41, 5.74) is 4.07. The van der Waals surface area contributed by atoms with Crippen molar-refractivity contribution < 1.29 is 69.4 Å². The Labute approximate surface area is 381 Å². The van der Waals surface area contributed by atoms with Gasteiger partial charge in [0.15, 0.2) is 5.71 Å². The number of anilines is 1. The SMILES string of the molecule is CN(CCCC(=O)ON1C(=O)CCC1=O)S(=O)(=O)c1ccc2c(c1)C(C)(C)\C(=C/C=C/C=C/C=C/C1=[N+](CCCS(=O)(=O)O)c3ccc(SOO)cc3C1(C)C)N2CCCSOOO. The average molecular weight is 966 g/mol. The summed E-state index contributed by atoms with van der Waals surface area (Å²) in [6, 6.07) is 10.6. The van der Waals surface area contributed by atoms with Gasteiger partial charge in [-0.05, 0) is 68.7 Å². The molecule has 0 unspecified atom stereocenters. The van der Waals surface area contributed by atoms with E-state index in [1.54, 1.807) is 18.2 Å². The molecule has 3 aliphatic rings. The van der Waals surface area contributed by atoms with Gasteiger partial charge in [0.05, 0.1) is 28.1 Å². The van der Waals surface area contributed by atoms with Gasteiger partial charge in [-0.2, -0.15) is 17.3 Å². The van der Waals surface area contributed by atoms with Gasteiger partial charge in [0.2, 0.25) is 15.7 Å². The van der Waals surface area contributed by atoms with Crippen LogP contribution in [0.15, 0.2) is 94.4 Å². The highest BCUT2D eigenvalue weighted by Crippen LogP contribution is 2.49. The molecule has 3 heterocycles. The van der Waals surface area contributed by atoms with E-state index in [9.17, 15) is 35.8 Å². The standard InChI is InChI=1S/C42H52N4O14S4/c1-41(2)32-28-30(62-59-51)17-19-34(32)45(25-13-27-63(52,53)54)36(41)14-9-7-6-8-10-15-37-42(3,4)33-29-31(18-20-35(33)44(37)24-12-26-61-60-58-50)64(55,56)43(5)23-11-16-40(49)57-46-38(47)21-22-39(46)48/h6-10,14-15,17-20,28-29H,11-13,16,21-27H2,1-5H3,(H2-,50,51,52,53,54)/p+1. The van der Waals surface area contributed by atoms with Gasteiger partial charge in [-0.25, -0.2) is 28.0 Å². The Balaban J connectivity index is 1.32. The molecule has 5 rings (SSSR count). The van der Waals surface area contributed by atoms with Gasteiger partial charge in [0, 0.05) is 103 Å². The Morgan fingerprint density at radius 2 is 1.61 bits per heavy atom. The van der Waals surface area contributed by atoms with Crippen LogP contribution in [0.25, 0.3) is 0 Å². The van der Waals surface area contributed by atoms with Crippen LogP contribution in [0, 0.1) is 0 Å². The van der Waals surface area contributed by atoms with E-state index in [0.717, 1.165) is 62.3 Å². The number of hydrogen-bond donors (Lipinski definition) is 3. The smallest absolute Gasteiger partial charge is 0.333 e. The maximum absolute atomic E-state index is 13.8. The van der Waals surface area contributed by atoms with E-state index < -0.39 is 48.8 Å². The van der Waals surface area contributed by atoms with Gasteiger partial charge >= 0.3 is 5.97 Å². The molecule has 18 nitrogen and oxygen atoms in total. The molecule has 2 aromatic carbocycles. The third-order valence-electron chi connectivity index (χ3n) is 11.0. The summed E-state index contributed by atoms with van der Waals surface area (Å²) in [6.07, 6.45) is 13.9. The Bertz CT molecular complexity index is 2450. The van der Waals surface area contributed by atoms with Gasteiger partial charge in [-0.1, -0.05) is 49.3 Å². The molecule has 2 aromatic rings. The van der Waals surface area contributed by atoms with Crippen molar-refractivity contribution in [3.8, 4) is 0 Å². The number of hydroxylamine groups is 2. The molecule has 0 saturated carbocycles. The molecule has 2 amide bonds. The summed E-state index contributed by atoms with van der Waals surface area (Å²) in [5.74, 6) is -1.91. The second-order valence-corrected chi connectivity index (χ2v) is 21.3. The molecule has 1 saturated heterocycles. The Morgan fingerprint density at radius 1 is 0.906 bits per heavy atom. The van der Waals surface area contributed by atoms with Crippen LogP contribution in [0.5, 0.6) is 0 Å². The topological polar surface area (TPSA) is 230 Å². The van der Waals surface area contributed by atoms with Crippen molar-refractivity contribution in [2.24, 2.45) is 0 Å². The minimum Gasteiger partial charge on any atom is -0.344 e. The molecule has 0 radical (unpaired) electrons. The summed E-state index contributed by atoms with van der Waals surface area (Å²) < 4.78 is 71.9. The van der Waals surface area contributed by atoms with Crippen molar-refractivity contribution in [3.63, 3.8) is 0 Å². The van der Waals surface area contributed by atoms with Crippen molar-refractivity contribution in [3.05, 3.63) is 95.8 Å². The van der Waals surface area contributed by atoms with Crippen molar-refractivity contribution in [1.82, 2.24) is 9.37 Å². The van der Waals surface area contributed by atoms with Crippen LogP contribution in [0.2, 0.25) is 0 Å². The predicted octanol–water partition coefficient (Wildman–Crippen LogP) is 6.66. The van der Waals surface area contributed by atoms with Gasteiger partial charge in [-0.15, -0.1) is 9.40 Å². The molecule has 348 valence electrons. The summed E-state index contributed by atoms with van der Waals surface area (Å²) in [5, 5.41) is 21.7. The second-order valence-electron chi connectivity index (χ2n) is 16.1. The minimum atomic E-state index is -4.15. The van der Waals surface area contributed by atoms with E-state index in [1.165, 1.54) is 13.1 Å². The molecule has 0 aliphatic carbocycles. The van der Waals surface area contributed by atoms with E-state index in [-0.39, 0.29) is 49.3 Å². The van der Waals surface area contributed by atoms with Gasteiger partial charge < -0.3 is 9.74 Å². The van der Waals surface area contributed by atoms with Crippen LogP contribution in [0.4, 0.5) is 11.4 Å². The van der Waals surface area contributed by atoms with Gasteiger partial charge in [0.25, 0.3) is 21.9 Å². The number of allylic oxidation sites excluding steroid dienone is 8. The summed E-state index contributed by atoms with van der Waals surface area (Å²) in [7, 11) is -6.74. The van der Waals surface area contributed by atoms with Crippen LogP contribution in [-0.2, 0) is 63.9 Å². The lowest BCUT2D eigenvalue weighted by Crippen LogP contribution is -2.32. The lowest BCUT2D eigenvalue weighted by molar-refractivity contribution is -0.437. The van der Waals surface area contributed by atoms with Crippen molar-refractivity contribution >= 4 is 79.1 Å². The van der Waals surface area contributed by atoms with Gasteiger partial charge in [-0.3, -0.25) is 14.1 Å². The van der Waals surface area contributed by atoms with Gasteiger partial charge in [0.1, 0.15) is 6.54 Å². The molecule has 0 bridgehead atoms. The highest BCUT2D eigenvalue weighted by atomic mass is 32.2. The summed E-state index contributed by atoms with van der Waals surface area (Å²) in [6.45, 7) is 8.93. The van der Waals surface area contributed by atoms with E-state index in [1.807, 2.05) is 86.9 Å². The third kappa shape index (κ3) is 12.2. The number of fused-ring (bicyclic) bond motifs is 2. The van der Waals surface area contributed by atoms with Crippen molar-refractivity contribution in [1.29, 1.82) is 0 Å². The van der Waals surface area contributed by atoms with Crippen LogP contribution < -0.4 is 4.90 Å². The monoisotopic (exact) mass is 965 g/mol. The first-order chi connectivity index (χ1) is 30.2. The molecule has 3 N–H and O–H groups in total. The molecular weight excluding hydrogens is 913 g/mol.